The molecule has 0 spiro atoms. The van der Waals surface area contributed by atoms with Crippen molar-refractivity contribution in [3.8, 4) is 0 Å². The lowest BCUT2D eigenvalue weighted by atomic mass is 9.95. The molecule has 7 heteroatoms. The maximum absolute atomic E-state index is 12.3. The third-order valence-electron chi connectivity index (χ3n) is 3.91. The van der Waals surface area contributed by atoms with Gasteiger partial charge in [0.05, 0.1) is 4.92 Å². The number of nitro groups is 1. The number of aromatic nitrogens is 2. The molecule has 1 aromatic carbocycles. The lowest BCUT2D eigenvalue weighted by molar-refractivity contribution is -0.385. The fourth-order valence-electron chi connectivity index (χ4n) is 2.63. The van der Waals surface area contributed by atoms with Crippen LogP contribution in [0, 0.1) is 10.1 Å². The quantitative estimate of drug-likeness (QED) is 0.621. The zero-order valence-corrected chi connectivity index (χ0v) is 12.0. The van der Waals surface area contributed by atoms with Crippen LogP contribution in [0.15, 0.2) is 42.7 Å². The van der Waals surface area contributed by atoms with Crippen LogP contribution in [0.2, 0.25) is 0 Å². The molecular weight excluding hydrogens is 284 g/mol. The van der Waals surface area contributed by atoms with Crippen molar-refractivity contribution in [1.29, 1.82) is 0 Å². The number of rotatable bonds is 5. The molecule has 1 aliphatic heterocycles. The summed E-state index contributed by atoms with van der Waals surface area (Å²) in [6, 6.07) is 10.3. The highest BCUT2D eigenvalue weighted by Crippen LogP contribution is 2.22. The molecule has 114 valence electrons. The van der Waals surface area contributed by atoms with Gasteiger partial charge in [-0.1, -0.05) is 30.3 Å². The summed E-state index contributed by atoms with van der Waals surface area (Å²) in [5.41, 5.74) is 1.11. The molecule has 0 aliphatic carbocycles. The molecule has 1 fully saturated rings. The zero-order valence-electron chi connectivity index (χ0n) is 12.0. The Morgan fingerprint density at radius 1 is 1.36 bits per heavy atom. The Hall–Kier alpha value is -2.70. The van der Waals surface area contributed by atoms with Gasteiger partial charge in [-0.25, -0.2) is 0 Å². The fraction of sp³-hybridized carbons (Fsp3) is 0.333. The van der Waals surface area contributed by atoms with E-state index in [2.05, 4.69) is 17.2 Å². The van der Waals surface area contributed by atoms with E-state index in [9.17, 15) is 14.9 Å². The average Bonchev–Trinajstić information content (AvgIpc) is 2.93. The van der Waals surface area contributed by atoms with Gasteiger partial charge in [-0.05, 0) is 18.4 Å². The van der Waals surface area contributed by atoms with Crippen LogP contribution in [0.5, 0.6) is 0 Å². The van der Waals surface area contributed by atoms with Gasteiger partial charge >= 0.3 is 5.69 Å². The van der Waals surface area contributed by atoms with Crippen molar-refractivity contribution >= 4 is 11.6 Å². The van der Waals surface area contributed by atoms with E-state index < -0.39 is 4.92 Å². The second-order valence-corrected chi connectivity index (χ2v) is 5.37. The number of likely N-dealkylation sites (tertiary alicyclic amines) is 1. The standard InChI is InChI=1S/C15H16N4O3/c20-15(11-17-10-14(9-16-17)19(21)22)18-7-6-13(18)8-12-4-2-1-3-5-12/h1-5,9-10,13H,6-8,11H2/t13-/m1/s1. The average molecular weight is 300 g/mol. The van der Waals surface area contributed by atoms with Crippen LogP contribution in [-0.2, 0) is 17.8 Å². The maximum atomic E-state index is 12.3. The van der Waals surface area contributed by atoms with Crippen molar-refractivity contribution in [2.24, 2.45) is 0 Å². The summed E-state index contributed by atoms with van der Waals surface area (Å²) in [7, 11) is 0. The molecular formula is C15H16N4O3. The molecule has 0 radical (unpaired) electrons. The minimum atomic E-state index is -0.518. The Kier molecular flexibility index (Phi) is 3.86. The highest BCUT2D eigenvalue weighted by Gasteiger charge is 2.32. The predicted molar refractivity (Wildman–Crippen MR) is 79.1 cm³/mol. The van der Waals surface area contributed by atoms with E-state index in [-0.39, 0.29) is 24.2 Å². The molecule has 0 bridgehead atoms. The number of benzene rings is 1. The van der Waals surface area contributed by atoms with E-state index in [0.717, 1.165) is 25.6 Å². The molecule has 1 aromatic heterocycles. The van der Waals surface area contributed by atoms with E-state index in [1.165, 1.54) is 16.4 Å². The first-order valence-electron chi connectivity index (χ1n) is 7.14. The molecule has 1 saturated heterocycles. The summed E-state index contributed by atoms with van der Waals surface area (Å²) in [5.74, 6) is -0.0508. The van der Waals surface area contributed by atoms with E-state index in [0.29, 0.717) is 0 Å². The Morgan fingerprint density at radius 3 is 2.73 bits per heavy atom. The summed E-state index contributed by atoms with van der Waals surface area (Å²) in [5, 5.41) is 14.5. The van der Waals surface area contributed by atoms with Crippen molar-refractivity contribution in [3.63, 3.8) is 0 Å². The van der Waals surface area contributed by atoms with Gasteiger partial charge in [0, 0.05) is 12.6 Å². The van der Waals surface area contributed by atoms with Crippen molar-refractivity contribution in [1.82, 2.24) is 14.7 Å². The van der Waals surface area contributed by atoms with E-state index >= 15 is 0 Å². The minimum Gasteiger partial charge on any atom is -0.338 e. The number of carbonyl (C=O) groups is 1. The summed E-state index contributed by atoms with van der Waals surface area (Å²) >= 11 is 0. The third kappa shape index (κ3) is 2.98. The number of hydrogen-bond acceptors (Lipinski definition) is 4. The maximum Gasteiger partial charge on any atom is 0.307 e. The number of nitrogens with zero attached hydrogens (tertiary/aromatic N) is 4. The van der Waals surface area contributed by atoms with Crippen LogP contribution in [0.1, 0.15) is 12.0 Å². The summed E-state index contributed by atoms with van der Waals surface area (Å²) in [4.78, 5) is 24.2. The first-order chi connectivity index (χ1) is 10.6. The van der Waals surface area contributed by atoms with Gasteiger partial charge in [0.15, 0.2) is 0 Å². The molecule has 22 heavy (non-hydrogen) atoms. The van der Waals surface area contributed by atoms with Crippen molar-refractivity contribution in [3.05, 3.63) is 58.4 Å². The molecule has 3 rings (SSSR count). The van der Waals surface area contributed by atoms with E-state index in [4.69, 9.17) is 0 Å². The third-order valence-corrected chi connectivity index (χ3v) is 3.91. The predicted octanol–water partition coefficient (Wildman–Crippen LogP) is 1.63. The zero-order chi connectivity index (χ0) is 15.5. The topological polar surface area (TPSA) is 81.3 Å². The van der Waals surface area contributed by atoms with Gasteiger partial charge in [-0.2, -0.15) is 5.10 Å². The minimum absolute atomic E-state index is 0.0408. The molecule has 2 aromatic rings. The van der Waals surface area contributed by atoms with Crippen molar-refractivity contribution < 1.29 is 9.72 Å². The molecule has 1 atom stereocenters. The summed E-state index contributed by atoms with van der Waals surface area (Å²) in [6.07, 6.45) is 4.26. The monoisotopic (exact) mass is 300 g/mol. The van der Waals surface area contributed by atoms with Crippen LogP contribution in [0.4, 0.5) is 5.69 Å². The second kappa shape index (κ2) is 5.97. The number of amides is 1. The van der Waals surface area contributed by atoms with Gasteiger partial charge in [-0.15, -0.1) is 0 Å². The molecule has 2 heterocycles. The van der Waals surface area contributed by atoms with E-state index in [1.807, 2.05) is 23.1 Å². The van der Waals surface area contributed by atoms with E-state index in [1.54, 1.807) is 0 Å². The van der Waals surface area contributed by atoms with Crippen LogP contribution in [-0.4, -0.2) is 38.1 Å². The smallest absolute Gasteiger partial charge is 0.307 e. The van der Waals surface area contributed by atoms with Crippen LogP contribution in [0.25, 0.3) is 0 Å². The Balaban J connectivity index is 1.59. The highest BCUT2D eigenvalue weighted by atomic mass is 16.6. The molecule has 0 unspecified atom stereocenters. The molecule has 7 nitrogen and oxygen atoms in total. The largest absolute Gasteiger partial charge is 0.338 e. The lowest BCUT2D eigenvalue weighted by Crippen LogP contribution is -2.53. The van der Waals surface area contributed by atoms with Crippen molar-refractivity contribution in [2.75, 3.05) is 6.54 Å². The van der Waals surface area contributed by atoms with Crippen LogP contribution >= 0.6 is 0 Å². The highest BCUT2D eigenvalue weighted by molar-refractivity contribution is 5.77. The second-order valence-electron chi connectivity index (χ2n) is 5.37. The Bertz CT molecular complexity index is 683. The lowest BCUT2D eigenvalue weighted by Gasteiger charge is -2.41. The molecule has 1 amide bonds. The van der Waals surface area contributed by atoms with Gasteiger partial charge in [0.2, 0.25) is 5.91 Å². The van der Waals surface area contributed by atoms with Gasteiger partial charge in [0.25, 0.3) is 0 Å². The van der Waals surface area contributed by atoms with Crippen molar-refractivity contribution in [2.45, 2.75) is 25.4 Å². The van der Waals surface area contributed by atoms with Gasteiger partial charge in [-0.3, -0.25) is 19.6 Å². The Labute approximate surface area is 127 Å². The Morgan fingerprint density at radius 2 is 2.14 bits per heavy atom. The summed E-state index contributed by atoms with van der Waals surface area (Å²) in [6.45, 7) is 0.777. The first-order valence-corrected chi connectivity index (χ1v) is 7.14. The number of hydrogen-bond donors (Lipinski definition) is 0. The first kappa shape index (κ1) is 14.2. The molecule has 0 N–H and O–H groups in total. The normalized spacial score (nSPS) is 17.1. The molecule has 0 saturated carbocycles. The number of carbonyl (C=O) groups excluding carboxylic acids is 1. The van der Waals surface area contributed by atoms with Crippen LogP contribution < -0.4 is 0 Å². The van der Waals surface area contributed by atoms with Crippen LogP contribution in [0.3, 0.4) is 0 Å². The fourth-order valence-corrected chi connectivity index (χ4v) is 2.63. The SMILES string of the molecule is O=C(Cn1cc([N+](=O)[O-])cn1)N1CC[C@@H]1Cc1ccccc1. The molecule has 1 aliphatic rings. The van der Waals surface area contributed by atoms with Gasteiger partial charge in [0.1, 0.15) is 18.9 Å². The van der Waals surface area contributed by atoms with Gasteiger partial charge < -0.3 is 4.90 Å². The summed E-state index contributed by atoms with van der Waals surface area (Å²) < 4.78 is 1.32.